The van der Waals surface area contributed by atoms with E-state index in [1.165, 1.54) is 0 Å². The van der Waals surface area contributed by atoms with Crippen LogP contribution in [0.15, 0.2) is 182 Å². The summed E-state index contributed by atoms with van der Waals surface area (Å²) in [6, 6.07) is 54.7. The minimum Gasteiger partial charge on any atom is -0.507 e. The smallest absolute Gasteiger partial charge is 0.122 e. The molecular weight excluding hydrogens is 815 g/mol. The van der Waals surface area contributed by atoms with Crippen LogP contribution in [0.1, 0.15) is 44.5 Å². The zero-order chi connectivity index (χ0) is 41.4. The lowest BCUT2D eigenvalue weighted by Gasteiger charge is -2.27. The zero-order valence-electron chi connectivity index (χ0n) is 32.6. The van der Waals surface area contributed by atoms with Gasteiger partial charge in [0.25, 0.3) is 0 Å². The van der Waals surface area contributed by atoms with Gasteiger partial charge in [-0.3, -0.25) is 0 Å². The van der Waals surface area contributed by atoms with Crippen LogP contribution in [0.2, 0.25) is 0 Å². The molecule has 8 heteroatoms. The topological polar surface area (TPSA) is 80.9 Å². The van der Waals surface area contributed by atoms with Gasteiger partial charge < -0.3 is 20.4 Å². The lowest BCUT2D eigenvalue weighted by atomic mass is 9.91. The zero-order valence-corrected chi connectivity index (χ0v) is 36.1. The van der Waals surface area contributed by atoms with E-state index < -0.39 is 12.1 Å². The fourth-order valence-corrected chi connectivity index (χ4v) is 16.1. The highest BCUT2D eigenvalue weighted by molar-refractivity contribution is 8.26. The minimum absolute atomic E-state index is 0.0984. The van der Waals surface area contributed by atoms with E-state index in [-0.39, 0.29) is 48.7 Å². The van der Waals surface area contributed by atoms with Crippen LogP contribution in [0.25, 0.3) is 0 Å². The van der Waals surface area contributed by atoms with Crippen molar-refractivity contribution in [3.63, 3.8) is 0 Å². The number of fused-ring (bicyclic) bond motifs is 8. The Morgan fingerprint density at radius 1 is 0.267 bits per heavy atom. The van der Waals surface area contributed by atoms with Crippen molar-refractivity contribution in [2.75, 3.05) is 0 Å². The van der Waals surface area contributed by atoms with Gasteiger partial charge in [0.1, 0.15) is 23.0 Å². The quantitative estimate of drug-likeness (QED) is 0.126. The molecule has 4 nitrogen and oxygen atoms in total. The Balaban J connectivity index is 1.26. The van der Waals surface area contributed by atoms with Gasteiger partial charge in [-0.2, -0.15) is 0 Å². The Bertz CT molecular complexity index is 2590. The molecule has 0 atom stereocenters. The molecule has 0 radical (unpaired) electrons. The first-order valence-electron chi connectivity index (χ1n) is 19.9. The molecule has 0 spiro atoms. The van der Waals surface area contributed by atoms with Gasteiger partial charge in [-0.1, -0.05) is 181 Å². The van der Waals surface area contributed by atoms with Crippen molar-refractivity contribution in [2.24, 2.45) is 0 Å². The number of hydrogen-bond donors (Lipinski definition) is 4. The molecule has 60 heavy (non-hydrogen) atoms. The second-order valence-electron chi connectivity index (χ2n) is 15.3. The predicted molar refractivity (Wildman–Crippen MR) is 256 cm³/mol. The van der Waals surface area contributed by atoms with E-state index in [2.05, 4.69) is 48.5 Å². The molecule has 0 amide bonds. The highest BCUT2D eigenvalue weighted by Gasteiger charge is 2.30. The molecule has 0 fully saturated rings. The van der Waals surface area contributed by atoms with Crippen molar-refractivity contribution in [1.29, 1.82) is 0 Å². The summed E-state index contributed by atoms with van der Waals surface area (Å²) in [5.41, 5.74) is 5.01. The summed E-state index contributed by atoms with van der Waals surface area (Å²) in [5.74, 6) is 0.397. The van der Waals surface area contributed by atoms with Crippen molar-refractivity contribution in [3.05, 3.63) is 226 Å². The standard InChI is InChI=1S/C52H42O4P2S2/c53-49-35-15-13-17-37(49)29-41-33-48(58(60,45-23-9-3-10-24-45)46-25-11-4-12-26-46)34-42(52(41)56)30-38-18-14-16-36(50(38)54)28-40-32-47(31-39(27-35)51(40)55)57(59,43-19-5-1-6-20-43)44-21-7-2-8-22-44/h1-26,31-34,53-56H,27-30H2. The summed E-state index contributed by atoms with van der Waals surface area (Å²) >= 11 is 13.6. The summed E-state index contributed by atoms with van der Waals surface area (Å²) < 4.78 is 0. The van der Waals surface area contributed by atoms with Gasteiger partial charge in [-0.25, -0.2) is 0 Å². The molecule has 0 saturated carbocycles. The largest absolute Gasteiger partial charge is 0.507 e. The predicted octanol–water partition coefficient (Wildman–Crippen LogP) is 8.70. The average molecular weight is 857 g/mol. The molecule has 296 valence electrons. The summed E-state index contributed by atoms with van der Waals surface area (Å²) in [6.45, 7) is 0. The molecule has 8 aromatic carbocycles. The van der Waals surface area contributed by atoms with Crippen LogP contribution in [0.4, 0.5) is 0 Å². The van der Waals surface area contributed by atoms with Gasteiger partial charge in [0.15, 0.2) is 0 Å². The van der Waals surface area contributed by atoms with Crippen molar-refractivity contribution in [1.82, 2.24) is 0 Å². The molecule has 9 rings (SSSR count). The van der Waals surface area contributed by atoms with Crippen LogP contribution in [-0.4, -0.2) is 20.4 Å². The Labute approximate surface area is 361 Å². The van der Waals surface area contributed by atoms with Crippen LogP contribution < -0.4 is 31.8 Å². The molecule has 0 aliphatic heterocycles. The van der Waals surface area contributed by atoms with Crippen LogP contribution in [0.5, 0.6) is 23.0 Å². The minimum atomic E-state index is -2.65. The van der Waals surface area contributed by atoms with Crippen molar-refractivity contribution in [2.45, 2.75) is 25.7 Å². The molecule has 8 bridgehead atoms. The summed E-state index contributed by atoms with van der Waals surface area (Å²) in [7, 11) is 0. The van der Waals surface area contributed by atoms with Crippen LogP contribution in [0.3, 0.4) is 0 Å². The van der Waals surface area contributed by atoms with Crippen molar-refractivity contribution >= 4 is 67.5 Å². The van der Waals surface area contributed by atoms with E-state index in [0.717, 1.165) is 31.8 Å². The maximum absolute atomic E-state index is 12.1. The van der Waals surface area contributed by atoms with Crippen LogP contribution >= 0.6 is 12.1 Å². The summed E-state index contributed by atoms with van der Waals surface area (Å²) in [4.78, 5) is 0. The second-order valence-corrected chi connectivity index (χ2v) is 24.2. The molecule has 1 aliphatic rings. The first-order chi connectivity index (χ1) is 29.1. The number of rotatable bonds is 6. The van der Waals surface area contributed by atoms with Crippen molar-refractivity contribution in [3.8, 4) is 23.0 Å². The third-order valence-electron chi connectivity index (χ3n) is 11.6. The number of para-hydroxylation sites is 2. The maximum Gasteiger partial charge on any atom is 0.122 e. The van der Waals surface area contributed by atoms with E-state index in [4.69, 9.17) is 23.6 Å². The Morgan fingerprint density at radius 2 is 0.483 bits per heavy atom. The van der Waals surface area contributed by atoms with E-state index in [1.54, 1.807) is 0 Å². The number of aromatic hydroxyl groups is 4. The lowest BCUT2D eigenvalue weighted by Crippen LogP contribution is -2.25. The molecule has 4 N–H and O–H groups in total. The van der Waals surface area contributed by atoms with Gasteiger partial charge in [0.05, 0.1) is 0 Å². The summed E-state index contributed by atoms with van der Waals surface area (Å²) in [5, 5.41) is 54.4. The lowest BCUT2D eigenvalue weighted by molar-refractivity contribution is 0.450. The molecule has 0 heterocycles. The molecular formula is C52H42O4P2S2. The van der Waals surface area contributed by atoms with E-state index >= 15 is 0 Å². The number of benzene rings is 8. The van der Waals surface area contributed by atoms with E-state index in [1.807, 2.05) is 133 Å². The molecule has 0 unspecified atom stereocenters. The highest BCUT2D eigenvalue weighted by Crippen LogP contribution is 2.47. The normalized spacial score (nSPS) is 12.8. The Morgan fingerprint density at radius 3 is 0.717 bits per heavy atom. The fourth-order valence-electron chi connectivity index (χ4n) is 8.51. The van der Waals surface area contributed by atoms with E-state index in [0.29, 0.717) is 44.5 Å². The van der Waals surface area contributed by atoms with Crippen LogP contribution in [0, 0.1) is 0 Å². The van der Waals surface area contributed by atoms with Gasteiger partial charge in [0.2, 0.25) is 0 Å². The fraction of sp³-hybridized carbons (Fsp3) is 0.0769. The third kappa shape index (κ3) is 7.18. The molecule has 8 aromatic rings. The van der Waals surface area contributed by atoms with Crippen LogP contribution in [-0.2, 0) is 49.3 Å². The second kappa shape index (κ2) is 16.4. The van der Waals surface area contributed by atoms with Gasteiger partial charge in [-0.15, -0.1) is 0 Å². The van der Waals surface area contributed by atoms with Crippen molar-refractivity contribution < 1.29 is 20.4 Å². The van der Waals surface area contributed by atoms with Gasteiger partial charge in [0, 0.05) is 37.8 Å². The number of hydrogen-bond acceptors (Lipinski definition) is 6. The Kier molecular flexibility index (Phi) is 10.8. The number of phenolic OH excluding ortho intramolecular Hbond substituents is 4. The third-order valence-corrected chi connectivity index (χ3v) is 21.5. The molecule has 0 aromatic heterocycles. The maximum atomic E-state index is 12.1. The first kappa shape index (κ1) is 39.7. The first-order valence-corrected chi connectivity index (χ1v) is 25.5. The summed E-state index contributed by atoms with van der Waals surface area (Å²) in [6.07, 6.45) is 0.878. The highest BCUT2D eigenvalue weighted by atomic mass is 32.4. The van der Waals surface area contributed by atoms with Gasteiger partial charge >= 0.3 is 0 Å². The number of phenols is 4. The van der Waals surface area contributed by atoms with Gasteiger partial charge in [-0.05, 0) is 101 Å². The average Bonchev–Trinajstić information content (AvgIpc) is 3.29. The molecule has 1 aliphatic carbocycles. The SMILES string of the molecule is Oc1c2cccc1Cc1cc(P(=S)(c3ccccc3)c3ccccc3)cc(c1O)Cc1cccc(c1O)Cc1cc(P(=S)(c3ccccc3)c3ccccc3)cc(c1O)C2. The molecule has 0 saturated heterocycles. The monoisotopic (exact) mass is 856 g/mol. The Hall–Kier alpha value is -5.74. The van der Waals surface area contributed by atoms with E-state index in [9.17, 15) is 20.4 Å².